The summed E-state index contributed by atoms with van der Waals surface area (Å²) in [6.07, 6.45) is 9.08. The number of carbonyl (C=O) groups is 2. The Morgan fingerprint density at radius 1 is 0.980 bits per heavy atom. The number of ketones is 1. The maximum absolute atomic E-state index is 13.5. The summed E-state index contributed by atoms with van der Waals surface area (Å²) >= 11 is 0. The van der Waals surface area contributed by atoms with E-state index < -0.39 is 8.32 Å². The van der Waals surface area contributed by atoms with Crippen molar-refractivity contribution in [1.29, 1.82) is 0 Å². The second-order valence-corrected chi connectivity index (χ2v) is 21.1. The Kier molecular flexibility index (Phi) is 11.0. The lowest BCUT2D eigenvalue weighted by Crippen LogP contribution is -2.50. The van der Waals surface area contributed by atoms with Crippen molar-refractivity contribution in [3.05, 3.63) is 46.0 Å². The number of rotatable bonds is 11. The number of Topliss-reactive ketones (excluding diaryl/α,β-unsaturated/α-hetero) is 1. The molecule has 1 unspecified atom stereocenters. The summed E-state index contributed by atoms with van der Waals surface area (Å²) < 4.78 is 8.15. The first kappa shape index (κ1) is 37.1. The monoisotopic (exact) mass is 716 g/mol. The van der Waals surface area contributed by atoms with Crippen molar-refractivity contribution in [3.63, 3.8) is 0 Å². The smallest absolute Gasteiger partial charge is 0.263 e. The minimum absolute atomic E-state index is 0.0253. The SMILES string of the molecule is CC(=O)c1c(C)c2cnc(Nc3ccc(N4CCN(CCN5CCC(CO[Si](C)(C)C(C)(C)C)CC5=O)CC4)cn3)nc2n(C2CCCC2)c1=O. The molecule has 1 saturated carbocycles. The van der Waals surface area contributed by atoms with E-state index in [-0.39, 0.29) is 33.9 Å². The van der Waals surface area contributed by atoms with Gasteiger partial charge >= 0.3 is 0 Å². The van der Waals surface area contributed by atoms with Crippen LogP contribution in [0.5, 0.6) is 0 Å². The molecule has 2 saturated heterocycles. The van der Waals surface area contributed by atoms with Crippen LogP contribution >= 0.6 is 0 Å². The van der Waals surface area contributed by atoms with Crippen LogP contribution in [-0.4, -0.2) is 102 Å². The zero-order valence-corrected chi connectivity index (χ0v) is 32.6. The summed E-state index contributed by atoms with van der Waals surface area (Å²) in [6, 6.07) is 4.01. The van der Waals surface area contributed by atoms with Crippen LogP contribution in [0.15, 0.2) is 29.3 Å². The number of piperazine rings is 1. The lowest BCUT2D eigenvalue weighted by molar-refractivity contribution is -0.135. The number of aryl methyl sites for hydroxylation is 1. The van der Waals surface area contributed by atoms with Gasteiger partial charge < -0.3 is 19.5 Å². The third-order valence-electron chi connectivity index (χ3n) is 11.8. The molecule has 0 aromatic carbocycles. The molecule has 12 nitrogen and oxygen atoms in total. The number of likely N-dealkylation sites (tertiary alicyclic amines) is 1. The maximum Gasteiger partial charge on any atom is 0.263 e. The topological polar surface area (TPSA) is 126 Å². The average molecular weight is 717 g/mol. The predicted octanol–water partition coefficient (Wildman–Crippen LogP) is 5.94. The third kappa shape index (κ3) is 8.20. The van der Waals surface area contributed by atoms with Crippen LogP contribution in [0.25, 0.3) is 11.0 Å². The molecule has 13 heteroatoms. The third-order valence-corrected chi connectivity index (χ3v) is 16.3. The van der Waals surface area contributed by atoms with E-state index in [2.05, 4.69) is 65.0 Å². The summed E-state index contributed by atoms with van der Waals surface area (Å²) in [5.41, 5.74) is 2.21. The molecule has 2 aliphatic heterocycles. The van der Waals surface area contributed by atoms with E-state index in [9.17, 15) is 14.4 Å². The van der Waals surface area contributed by atoms with Gasteiger partial charge in [0.05, 0.1) is 17.4 Å². The highest BCUT2D eigenvalue weighted by atomic mass is 28.4. The van der Waals surface area contributed by atoms with E-state index in [1.54, 1.807) is 17.7 Å². The number of hydrogen-bond acceptors (Lipinski definition) is 10. The highest BCUT2D eigenvalue weighted by Crippen LogP contribution is 2.37. The quantitative estimate of drug-likeness (QED) is 0.188. The molecule has 3 aromatic rings. The average Bonchev–Trinajstić information content (AvgIpc) is 3.61. The van der Waals surface area contributed by atoms with Crippen LogP contribution < -0.4 is 15.8 Å². The second kappa shape index (κ2) is 15.1. The number of aromatic nitrogens is 4. The van der Waals surface area contributed by atoms with Gasteiger partial charge in [-0.25, -0.2) is 9.97 Å². The van der Waals surface area contributed by atoms with Crippen LogP contribution in [-0.2, 0) is 9.22 Å². The minimum Gasteiger partial charge on any atom is -0.417 e. The minimum atomic E-state index is -1.80. The molecule has 3 aromatic heterocycles. The Labute approximate surface area is 303 Å². The molecular weight excluding hydrogens is 661 g/mol. The highest BCUT2D eigenvalue weighted by molar-refractivity contribution is 6.74. The number of hydrogen-bond donors (Lipinski definition) is 1. The van der Waals surface area contributed by atoms with E-state index in [0.717, 1.165) is 89.0 Å². The van der Waals surface area contributed by atoms with Gasteiger partial charge in [-0.05, 0) is 74.9 Å². The molecule has 51 heavy (non-hydrogen) atoms. The van der Waals surface area contributed by atoms with E-state index in [0.29, 0.717) is 41.9 Å². The van der Waals surface area contributed by atoms with Crippen molar-refractivity contribution in [2.45, 2.75) is 97.3 Å². The van der Waals surface area contributed by atoms with Crippen LogP contribution in [0, 0.1) is 12.8 Å². The molecule has 276 valence electrons. The zero-order valence-electron chi connectivity index (χ0n) is 31.6. The summed E-state index contributed by atoms with van der Waals surface area (Å²) in [5.74, 6) is 1.33. The summed E-state index contributed by atoms with van der Waals surface area (Å²) in [7, 11) is -1.80. The van der Waals surface area contributed by atoms with Gasteiger partial charge in [0.1, 0.15) is 11.5 Å². The van der Waals surface area contributed by atoms with Gasteiger partial charge in [0, 0.05) is 76.5 Å². The van der Waals surface area contributed by atoms with Gasteiger partial charge in [-0.2, -0.15) is 4.98 Å². The summed E-state index contributed by atoms with van der Waals surface area (Å²) in [5, 5.41) is 4.12. The van der Waals surface area contributed by atoms with Crippen LogP contribution in [0.3, 0.4) is 0 Å². The van der Waals surface area contributed by atoms with Crippen molar-refractivity contribution in [3.8, 4) is 0 Å². The Morgan fingerprint density at radius 3 is 2.33 bits per heavy atom. The molecule has 3 fully saturated rings. The first-order chi connectivity index (χ1) is 24.2. The number of pyridine rings is 2. The number of piperidine rings is 1. The number of nitrogens with one attached hydrogen (secondary N) is 1. The van der Waals surface area contributed by atoms with Crippen LogP contribution in [0.2, 0.25) is 18.1 Å². The van der Waals surface area contributed by atoms with Crippen molar-refractivity contribution in [1.82, 2.24) is 29.3 Å². The van der Waals surface area contributed by atoms with Crippen molar-refractivity contribution in [2.24, 2.45) is 5.92 Å². The molecule has 6 rings (SSSR count). The van der Waals surface area contributed by atoms with Crippen LogP contribution in [0.1, 0.15) is 88.2 Å². The molecule has 5 heterocycles. The Hall–Kier alpha value is -3.68. The van der Waals surface area contributed by atoms with Crippen molar-refractivity contribution >= 4 is 48.5 Å². The van der Waals surface area contributed by atoms with Gasteiger partial charge in [-0.3, -0.25) is 23.9 Å². The zero-order chi connectivity index (χ0) is 36.5. The van der Waals surface area contributed by atoms with E-state index in [1.807, 2.05) is 17.2 Å². The van der Waals surface area contributed by atoms with Crippen molar-refractivity contribution in [2.75, 3.05) is 62.6 Å². The van der Waals surface area contributed by atoms with Gasteiger partial charge in [0.15, 0.2) is 14.1 Å². The highest BCUT2D eigenvalue weighted by Gasteiger charge is 2.38. The number of carbonyl (C=O) groups excluding carboxylic acids is 2. The van der Waals surface area contributed by atoms with E-state index >= 15 is 0 Å². The Bertz CT molecular complexity index is 1790. The number of anilines is 3. The lowest BCUT2D eigenvalue weighted by atomic mass is 9.97. The second-order valence-electron chi connectivity index (χ2n) is 16.3. The molecule has 3 aliphatic rings. The first-order valence-electron chi connectivity index (χ1n) is 18.8. The maximum atomic E-state index is 13.5. The summed E-state index contributed by atoms with van der Waals surface area (Å²) in [4.78, 5) is 59.8. The molecule has 1 amide bonds. The molecule has 0 bridgehead atoms. The standard InChI is InChI=1S/C38H56N8O4Si/c1-26-31-24-40-37(42-35(31)46(29-10-8-9-11-29)36(49)34(26)27(2)47)41-32-13-12-30(23-39-32)44-19-16-43(17-20-44)18-21-45-15-14-28(22-33(45)48)25-50-51(6,7)38(3,4)5/h12-13,23-24,28-29H,8-11,14-22,25H2,1-7H3,(H,39,40,41,42). The Morgan fingerprint density at radius 2 is 1.71 bits per heavy atom. The Balaban J connectivity index is 1.00. The fourth-order valence-corrected chi connectivity index (χ4v) is 8.51. The number of amides is 1. The van der Waals surface area contributed by atoms with Crippen molar-refractivity contribution < 1.29 is 14.0 Å². The van der Waals surface area contributed by atoms with E-state index in [4.69, 9.17) is 9.41 Å². The lowest BCUT2D eigenvalue weighted by Gasteiger charge is -2.39. The fraction of sp³-hybridized carbons (Fsp3) is 0.632. The first-order valence-corrected chi connectivity index (χ1v) is 21.7. The molecule has 0 radical (unpaired) electrons. The van der Waals surface area contributed by atoms with E-state index in [1.165, 1.54) is 6.92 Å². The van der Waals surface area contributed by atoms with Gasteiger partial charge in [-0.15, -0.1) is 0 Å². The summed E-state index contributed by atoms with van der Waals surface area (Å²) in [6.45, 7) is 21.4. The molecular formula is C38H56N8O4Si. The largest absolute Gasteiger partial charge is 0.417 e. The fourth-order valence-electron chi connectivity index (χ4n) is 7.42. The van der Waals surface area contributed by atoms with Gasteiger partial charge in [0.25, 0.3) is 5.56 Å². The normalized spacial score (nSPS) is 19.7. The van der Waals surface area contributed by atoms with Crippen LogP contribution in [0.4, 0.5) is 17.5 Å². The predicted molar refractivity (Wildman–Crippen MR) is 205 cm³/mol. The molecule has 1 atom stereocenters. The van der Waals surface area contributed by atoms with Gasteiger partial charge in [-0.1, -0.05) is 33.6 Å². The molecule has 1 aliphatic carbocycles. The molecule has 1 N–H and O–H groups in total. The van der Waals surface area contributed by atoms with Gasteiger partial charge in [0.2, 0.25) is 11.9 Å². The molecule has 0 spiro atoms. The number of fused-ring (bicyclic) bond motifs is 1. The number of nitrogens with zero attached hydrogens (tertiary/aromatic N) is 7.